The molecule has 1 aromatic heterocycles. The van der Waals surface area contributed by atoms with E-state index in [9.17, 15) is 29.7 Å². The Balaban J connectivity index is 0.00000363. The van der Waals surface area contributed by atoms with Crippen molar-refractivity contribution in [1.29, 1.82) is 0 Å². The fourth-order valence-electron chi connectivity index (χ4n) is 3.40. The van der Waals surface area contributed by atoms with E-state index in [4.69, 9.17) is 24.8 Å². The van der Waals surface area contributed by atoms with Crippen LogP contribution in [0.15, 0.2) is 20.9 Å². The van der Waals surface area contributed by atoms with Gasteiger partial charge in [0.05, 0.1) is 18.8 Å². The quantitative estimate of drug-likeness (QED) is 0.126. The number of carbonyl (C=O) groups is 1. The summed E-state index contributed by atoms with van der Waals surface area (Å²) in [5, 5.41) is 42.3. The van der Waals surface area contributed by atoms with E-state index in [2.05, 4.69) is 15.0 Å². The maximum absolute atomic E-state index is 12.1. The van der Waals surface area contributed by atoms with Crippen LogP contribution in [0.2, 0.25) is 0 Å². The predicted octanol–water partition coefficient (Wildman–Crippen LogP) is -2.66. The second kappa shape index (κ2) is 10.9. The topological polar surface area (TPSA) is 229 Å². The van der Waals surface area contributed by atoms with Crippen molar-refractivity contribution >= 4 is 35.5 Å². The molecule has 2 saturated heterocycles. The van der Waals surface area contributed by atoms with Crippen LogP contribution in [0, 0.1) is 6.92 Å². The number of aromatic amines is 1. The monoisotopic (exact) mass is 466 g/mol. The average Bonchev–Trinajstić information content (AvgIpc) is 3.11. The molecule has 8 atom stereocenters. The molecule has 0 saturated carbocycles. The van der Waals surface area contributed by atoms with Gasteiger partial charge in [0.1, 0.15) is 24.5 Å². The third-order valence-electron chi connectivity index (χ3n) is 5.10. The SMILES string of the molecule is Cc1cn([C@H]2C[C@H](N=[N+]=[N-])[C@@H](CO[C@@H]3O[C@H](C(=O)O)[C@@H](O)[C@H](O)[C@H]3O)O2)c(=O)[nH]c1=O.[Na]. The summed E-state index contributed by atoms with van der Waals surface area (Å²) in [5.74, 6) is -1.57. The van der Waals surface area contributed by atoms with Crippen molar-refractivity contribution in [2.75, 3.05) is 6.61 Å². The van der Waals surface area contributed by atoms with Gasteiger partial charge in [-0.25, -0.2) is 9.59 Å². The van der Waals surface area contributed by atoms with Gasteiger partial charge in [0.2, 0.25) is 0 Å². The Morgan fingerprint density at radius 2 is 2.00 bits per heavy atom. The van der Waals surface area contributed by atoms with E-state index in [1.165, 1.54) is 13.1 Å². The fraction of sp³-hybridized carbons (Fsp3) is 0.688. The molecule has 2 aliphatic rings. The summed E-state index contributed by atoms with van der Waals surface area (Å²) in [4.78, 5) is 39.7. The van der Waals surface area contributed by atoms with Crippen molar-refractivity contribution in [3.63, 3.8) is 0 Å². The van der Waals surface area contributed by atoms with E-state index in [1.54, 1.807) is 0 Å². The number of rotatable bonds is 6. The second-order valence-corrected chi connectivity index (χ2v) is 7.18. The predicted molar refractivity (Wildman–Crippen MR) is 104 cm³/mol. The van der Waals surface area contributed by atoms with Crippen LogP contribution in [0.1, 0.15) is 18.2 Å². The molecule has 0 aliphatic carbocycles. The molecule has 0 aromatic carbocycles. The molecular weight excluding hydrogens is 445 g/mol. The van der Waals surface area contributed by atoms with Gasteiger partial charge in [0, 0.05) is 52.7 Å². The van der Waals surface area contributed by atoms with E-state index < -0.39 is 66.3 Å². The number of nitrogens with zero attached hydrogens (tertiary/aromatic N) is 4. The van der Waals surface area contributed by atoms with Crippen LogP contribution >= 0.6 is 0 Å². The van der Waals surface area contributed by atoms with E-state index in [1.807, 2.05) is 0 Å². The minimum Gasteiger partial charge on any atom is -0.479 e. The van der Waals surface area contributed by atoms with Crippen LogP contribution in [0.4, 0.5) is 0 Å². The minimum absolute atomic E-state index is 0. The molecule has 171 valence electrons. The van der Waals surface area contributed by atoms with Gasteiger partial charge in [-0.2, -0.15) is 0 Å². The number of aryl methyl sites for hydroxylation is 1. The average molecular weight is 466 g/mol. The Hall–Kier alpha value is -1.78. The molecule has 1 aromatic rings. The Labute approximate surface area is 201 Å². The summed E-state index contributed by atoms with van der Waals surface area (Å²) in [7, 11) is 0. The van der Waals surface area contributed by atoms with Gasteiger partial charge >= 0.3 is 11.7 Å². The summed E-state index contributed by atoms with van der Waals surface area (Å²) in [6.45, 7) is 1.13. The van der Waals surface area contributed by atoms with Crippen LogP contribution < -0.4 is 11.2 Å². The molecule has 16 heteroatoms. The van der Waals surface area contributed by atoms with Crippen LogP contribution in [-0.2, 0) is 19.0 Å². The molecule has 15 nitrogen and oxygen atoms in total. The molecule has 2 aliphatic heterocycles. The minimum atomic E-state index is -1.87. The number of nitrogens with one attached hydrogen (secondary N) is 1. The zero-order valence-corrected chi connectivity index (χ0v) is 19.1. The molecule has 32 heavy (non-hydrogen) atoms. The number of aromatic nitrogens is 2. The number of hydrogen-bond donors (Lipinski definition) is 5. The van der Waals surface area contributed by atoms with Crippen LogP contribution in [-0.4, -0.2) is 115 Å². The van der Waals surface area contributed by atoms with Crippen molar-refractivity contribution in [1.82, 2.24) is 9.55 Å². The number of aliphatic carboxylic acids is 1. The molecule has 3 heterocycles. The molecule has 0 unspecified atom stereocenters. The third-order valence-corrected chi connectivity index (χ3v) is 5.10. The summed E-state index contributed by atoms with van der Waals surface area (Å²) < 4.78 is 17.2. The van der Waals surface area contributed by atoms with Gasteiger partial charge in [-0.05, 0) is 12.5 Å². The van der Waals surface area contributed by atoms with Crippen LogP contribution in [0.25, 0.3) is 10.4 Å². The van der Waals surface area contributed by atoms with E-state index in [0.717, 1.165) is 4.57 Å². The number of ether oxygens (including phenoxy) is 3. The fourth-order valence-corrected chi connectivity index (χ4v) is 3.40. The van der Waals surface area contributed by atoms with E-state index >= 15 is 0 Å². The number of aliphatic hydroxyl groups is 3. The van der Waals surface area contributed by atoms with Crippen molar-refractivity contribution in [3.05, 3.63) is 43.0 Å². The number of carboxylic acids is 1. The first-order valence-corrected chi connectivity index (χ1v) is 9.19. The molecule has 3 rings (SSSR count). The molecule has 0 spiro atoms. The first kappa shape index (κ1) is 26.5. The van der Waals surface area contributed by atoms with E-state index in [0.29, 0.717) is 0 Å². The van der Waals surface area contributed by atoms with Gasteiger partial charge < -0.3 is 34.6 Å². The largest absolute Gasteiger partial charge is 0.479 e. The third kappa shape index (κ3) is 5.40. The Kier molecular flexibility index (Phi) is 9.01. The standard InChI is InChI=1S/C16H21N5O10.Na/c1-5-3-21(16(28)18-13(5)25)8-2-6(19-20-17)7(30-8)4-29-15-11(24)9(22)10(23)12(31-15)14(26)27;/h3,6-12,15,22-24H,2,4H2,1H3,(H,26,27)(H,18,25,28);/t6-,7+,8+,9-,10-,11+,12-,15+;/m0./s1. The second-order valence-electron chi connectivity index (χ2n) is 7.18. The first-order chi connectivity index (χ1) is 14.6. The van der Waals surface area contributed by atoms with E-state index in [-0.39, 0.29) is 48.1 Å². The van der Waals surface area contributed by atoms with Crippen molar-refractivity contribution in [2.24, 2.45) is 5.11 Å². The number of aliphatic hydroxyl groups excluding tert-OH is 3. The van der Waals surface area contributed by atoms with Gasteiger partial charge in [0.15, 0.2) is 12.4 Å². The van der Waals surface area contributed by atoms with Gasteiger partial charge in [0.25, 0.3) is 5.56 Å². The molecule has 5 N–H and O–H groups in total. The summed E-state index contributed by atoms with van der Waals surface area (Å²) >= 11 is 0. The number of azide groups is 1. The summed E-state index contributed by atoms with van der Waals surface area (Å²) in [6.07, 6.45) is -9.39. The van der Waals surface area contributed by atoms with Crippen molar-refractivity contribution in [2.45, 2.75) is 62.4 Å². The van der Waals surface area contributed by atoms with Gasteiger partial charge in [-0.15, -0.1) is 0 Å². The number of H-pyrrole nitrogens is 1. The number of carboxylic acid groups (broad SMARTS) is 1. The Morgan fingerprint density at radius 3 is 2.62 bits per heavy atom. The van der Waals surface area contributed by atoms with Crippen LogP contribution in [0.3, 0.4) is 0 Å². The maximum Gasteiger partial charge on any atom is 0.335 e. The smallest absolute Gasteiger partial charge is 0.335 e. The number of hydrogen-bond acceptors (Lipinski definition) is 10. The Morgan fingerprint density at radius 1 is 1.31 bits per heavy atom. The van der Waals surface area contributed by atoms with Gasteiger partial charge in [-0.1, -0.05) is 5.11 Å². The van der Waals surface area contributed by atoms with Gasteiger partial charge in [-0.3, -0.25) is 14.3 Å². The molecule has 1 radical (unpaired) electrons. The summed E-state index contributed by atoms with van der Waals surface area (Å²) in [6, 6.07) is -0.805. The molecule has 0 amide bonds. The molecular formula is C16H21N5NaO10. The Bertz CT molecular complexity index is 994. The molecule has 0 bridgehead atoms. The summed E-state index contributed by atoms with van der Waals surface area (Å²) in [5.41, 5.74) is 7.79. The maximum atomic E-state index is 12.1. The van der Waals surface area contributed by atoms with Crippen molar-refractivity contribution in [3.8, 4) is 0 Å². The van der Waals surface area contributed by atoms with Crippen LogP contribution in [0.5, 0.6) is 0 Å². The molecule has 2 fully saturated rings. The van der Waals surface area contributed by atoms with Crippen molar-refractivity contribution < 1.29 is 39.4 Å². The zero-order valence-electron chi connectivity index (χ0n) is 17.1. The normalized spacial score (nSPS) is 34.4. The first-order valence-electron chi connectivity index (χ1n) is 9.19. The zero-order chi connectivity index (χ0) is 22.9.